The first-order chi connectivity index (χ1) is 11.4. The number of nitrogens with zero attached hydrogens (tertiary/aromatic N) is 1. The van der Waals surface area contributed by atoms with Crippen molar-refractivity contribution in [2.75, 3.05) is 11.4 Å². The van der Waals surface area contributed by atoms with Crippen LogP contribution in [0.25, 0.3) is 11.1 Å². The minimum absolute atomic E-state index is 0.217. The van der Waals surface area contributed by atoms with Crippen molar-refractivity contribution in [1.82, 2.24) is 0 Å². The molecule has 0 saturated carbocycles. The van der Waals surface area contributed by atoms with E-state index in [1.54, 1.807) is 30.5 Å². The fourth-order valence-electron chi connectivity index (χ4n) is 2.45. The molecule has 0 spiro atoms. The van der Waals surface area contributed by atoms with Gasteiger partial charge in [0.2, 0.25) is 0 Å². The molecule has 1 aromatic heterocycles. The van der Waals surface area contributed by atoms with Gasteiger partial charge in [0.1, 0.15) is 0 Å². The molecule has 6 heteroatoms. The second-order valence-corrected chi connectivity index (χ2v) is 8.63. The molecule has 0 aliphatic rings. The molecule has 1 heterocycles. The second kappa shape index (κ2) is 6.59. The van der Waals surface area contributed by atoms with E-state index in [9.17, 15) is 8.42 Å². The summed E-state index contributed by atoms with van der Waals surface area (Å²) in [6.07, 6.45) is 0. The lowest BCUT2D eigenvalue weighted by atomic mass is 10.1. The Morgan fingerprint density at radius 3 is 2.33 bits per heavy atom. The molecule has 3 aromatic rings. The fourth-order valence-corrected chi connectivity index (χ4v) is 4.49. The molecule has 0 amide bonds. The number of thiophene rings is 1. The third kappa shape index (κ3) is 3.20. The normalized spacial score (nSPS) is 11.5. The summed E-state index contributed by atoms with van der Waals surface area (Å²) in [7, 11) is -2.07. The van der Waals surface area contributed by atoms with E-state index in [1.807, 2.05) is 41.9 Å². The van der Waals surface area contributed by atoms with Gasteiger partial charge >= 0.3 is 0 Å². The quantitative estimate of drug-likeness (QED) is 0.626. The van der Waals surface area contributed by atoms with E-state index < -0.39 is 10.0 Å². The van der Waals surface area contributed by atoms with Crippen LogP contribution in [0.2, 0.25) is 5.02 Å². The first-order valence-electron chi connectivity index (χ1n) is 7.27. The molecule has 124 valence electrons. The lowest BCUT2D eigenvalue weighted by Gasteiger charge is -2.22. The Bertz CT molecular complexity index is 949. The standard InChI is InChI=1S/C18H16ClNO2S2/c1-13-3-4-14(15-9-10-23-12-15)11-18(13)20(2)24(21,22)17-7-5-16(19)6-8-17/h3-12H,1-2H3. The molecule has 0 bridgehead atoms. The van der Waals surface area contributed by atoms with Crippen LogP contribution in [0.5, 0.6) is 0 Å². The van der Waals surface area contributed by atoms with Crippen LogP contribution in [0.15, 0.2) is 64.2 Å². The summed E-state index contributed by atoms with van der Waals surface area (Å²) in [6, 6.07) is 14.1. The summed E-state index contributed by atoms with van der Waals surface area (Å²) in [5.41, 5.74) is 3.64. The average molecular weight is 378 g/mol. The zero-order valence-electron chi connectivity index (χ0n) is 13.2. The van der Waals surface area contributed by atoms with E-state index in [2.05, 4.69) is 0 Å². The topological polar surface area (TPSA) is 37.4 Å². The molecule has 0 atom stereocenters. The lowest BCUT2D eigenvalue weighted by molar-refractivity contribution is 0.594. The monoisotopic (exact) mass is 377 g/mol. The maximum absolute atomic E-state index is 12.9. The van der Waals surface area contributed by atoms with Gasteiger partial charge in [-0.2, -0.15) is 11.3 Å². The van der Waals surface area contributed by atoms with Crippen molar-refractivity contribution in [3.63, 3.8) is 0 Å². The van der Waals surface area contributed by atoms with Crippen molar-refractivity contribution < 1.29 is 8.42 Å². The molecule has 2 aromatic carbocycles. The van der Waals surface area contributed by atoms with Crippen LogP contribution in [0.4, 0.5) is 5.69 Å². The number of halogens is 1. The Hall–Kier alpha value is -1.82. The van der Waals surface area contributed by atoms with E-state index in [0.29, 0.717) is 10.7 Å². The number of sulfonamides is 1. The molecule has 3 nitrogen and oxygen atoms in total. The number of hydrogen-bond acceptors (Lipinski definition) is 3. The van der Waals surface area contributed by atoms with Crippen LogP contribution in [0.1, 0.15) is 5.56 Å². The third-order valence-electron chi connectivity index (χ3n) is 3.87. The molecule has 0 aliphatic heterocycles. The molecule has 0 fully saturated rings. The SMILES string of the molecule is Cc1ccc(-c2ccsc2)cc1N(C)S(=O)(=O)c1ccc(Cl)cc1. The number of hydrogen-bond donors (Lipinski definition) is 0. The van der Waals surface area contributed by atoms with Crippen LogP contribution < -0.4 is 4.31 Å². The van der Waals surface area contributed by atoms with Gasteiger partial charge < -0.3 is 0 Å². The van der Waals surface area contributed by atoms with Gasteiger partial charge in [-0.15, -0.1) is 0 Å². The summed E-state index contributed by atoms with van der Waals surface area (Å²) in [4.78, 5) is 0.217. The van der Waals surface area contributed by atoms with Gasteiger partial charge in [-0.05, 0) is 70.8 Å². The Balaban J connectivity index is 2.04. The van der Waals surface area contributed by atoms with Crippen molar-refractivity contribution in [3.05, 3.63) is 69.9 Å². The molecule has 0 unspecified atom stereocenters. The van der Waals surface area contributed by atoms with E-state index in [-0.39, 0.29) is 4.90 Å². The van der Waals surface area contributed by atoms with Crippen molar-refractivity contribution >= 4 is 38.6 Å². The first kappa shape index (κ1) is 17.0. The summed E-state index contributed by atoms with van der Waals surface area (Å²) >= 11 is 7.47. The highest BCUT2D eigenvalue weighted by molar-refractivity contribution is 7.92. The van der Waals surface area contributed by atoms with Gasteiger partial charge in [-0.1, -0.05) is 23.7 Å². The number of benzene rings is 2. The van der Waals surface area contributed by atoms with Crippen molar-refractivity contribution in [2.45, 2.75) is 11.8 Å². The summed E-state index contributed by atoms with van der Waals surface area (Å²) in [5, 5.41) is 4.55. The van der Waals surface area contributed by atoms with Crippen molar-refractivity contribution in [1.29, 1.82) is 0 Å². The van der Waals surface area contributed by atoms with Gasteiger partial charge in [0.25, 0.3) is 10.0 Å². The van der Waals surface area contributed by atoms with E-state index in [4.69, 9.17) is 11.6 Å². The molecule has 0 N–H and O–H groups in total. The zero-order chi connectivity index (χ0) is 17.3. The van der Waals surface area contributed by atoms with Crippen molar-refractivity contribution in [2.24, 2.45) is 0 Å². The van der Waals surface area contributed by atoms with Gasteiger partial charge in [0, 0.05) is 12.1 Å². The molecule has 3 rings (SSSR count). The fraction of sp³-hybridized carbons (Fsp3) is 0.111. The minimum Gasteiger partial charge on any atom is -0.269 e. The summed E-state index contributed by atoms with van der Waals surface area (Å²) in [6.45, 7) is 1.90. The second-order valence-electron chi connectivity index (χ2n) is 5.44. The van der Waals surface area contributed by atoms with Gasteiger partial charge in [-0.25, -0.2) is 8.42 Å². The predicted molar refractivity (Wildman–Crippen MR) is 102 cm³/mol. The van der Waals surface area contributed by atoms with Gasteiger partial charge in [-0.3, -0.25) is 4.31 Å². The smallest absolute Gasteiger partial charge is 0.264 e. The van der Waals surface area contributed by atoms with E-state index in [0.717, 1.165) is 16.7 Å². The zero-order valence-corrected chi connectivity index (χ0v) is 15.6. The first-order valence-corrected chi connectivity index (χ1v) is 10.0. The average Bonchev–Trinajstić information content (AvgIpc) is 3.09. The molecule has 0 saturated heterocycles. The van der Waals surface area contributed by atoms with Crippen LogP contribution in [0.3, 0.4) is 0 Å². The highest BCUT2D eigenvalue weighted by Crippen LogP contribution is 2.31. The Labute approximate surface area is 151 Å². The highest BCUT2D eigenvalue weighted by atomic mass is 35.5. The molecular formula is C18H16ClNO2S2. The van der Waals surface area contributed by atoms with Crippen LogP contribution in [-0.4, -0.2) is 15.5 Å². The molecule has 24 heavy (non-hydrogen) atoms. The maximum Gasteiger partial charge on any atom is 0.264 e. The van der Waals surface area contributed by atoms with Crippen LogP contribution in [-0.2, 0) is 10.0 Å². The Kier molecular flexibility index (Phi) is 4.67. The molecule has 0 radical (unpaired) electrons. The van der Waals surface area contributed by atoms with Crippen molar-refractivity contribution in [3.8, 4) is 11.1 Å². The van der Waals surface area contributed by atoms with Gasteiger partial charge in [0.15, 0.2) is 0 Å². The summed E-state index contributed by atoms with van der Waals surface area (Å²) in [5.74, 6) is 0. The highest BCUT2D eigenvalue weighted by Gasteiger charge is 2.22. The summed E-state index contributed by atoms with van der Waals surface area (Å²) < 4.78 is 27.1. The number of rotatable bonds is 4. The predicted octanol–water partition coefficient (Wildman–Crippen LogP) is 5.20. The maximum atomic E-state index is 12.9. The Morgan fingerprint density at radius 1 is 1.00 bits per heavy atom. The molecule has 0 aliphatic carbocycles. The third-order valence-corrected chi connectivity index (χ3v) is 6.60. The van der Waals surface area contributed by atoms with Crippen LogP contribution >= 0.6 is 22.9 Å². The number of aryl methyl sites for hydroxylation is 1. The largest absolute Gasteiger partial charge is 0.269 e. The van der Waals surface area contributed by atoms with E-state index in [1.165, 1.54) is 16.4 Å². The Morgan fingerprint density at radius 2 is 1.71 bits per heavy atom. The number of anilines is 1. The van der Waals surface area contributed by atoms with Gasteiger partial charge in [0.05, 0.1) is 10.6 Å². The molecular weight excluding hydrogens is 362 g/mol. The van der Waals surface area contributed by atoms with Crippen LogP contribution in [0, 0.1) is 6.92 Å². The lowest BCUT2D eigenvalue weighted by Crippen LogP contribution is -2.27. The minimum atomic E-state index is -3.64. The van der Waals surface area contributed by atoms with E-state index >= 15 is 0 Å².